The van der Waals surface area contributed by atoms with Crippen LogP contribution in [0.2, 0.25) is 5.02 Å². The fraction of sp³-hybridized carbons (Fsp3) is 0.527. The van der Waals surface area contributed by atoms with E-state index in [2.05, 4.69) is 54.3 Å². The number of benzene rings is 3. The largest absolute Gasteiger partial charge is 0.489 e. The number of Topliss-reactive ketones (excluding diaryl/α,β-unsaturated/α-hetero) is 1. The van der Waals surface area contributed by atoms with Gasteiger partial charge in [0.25, 0.3) is 0 Å². The van der Waals surface area contributed by atoms with Crippen LogP contribution < -0.4 is 15.4 Å². The monoisotopic (exact) mass is 1010 g/mol. The van der Waals surface area contributed by atoms with E-state index in [9.17, 15) is 29.5 Å². The van der Waals surface area contributed by atoms with Crippen molar-refractivity contribution in [2.75, 3.05) is 33.3 Å². The predicted octanol–water partition coefficient (Wildman–Crippen LogP) is 9.35. The van der Waals surface area contributed by atoms with Crippen LogP contribution in [0.3, 0.4) is 0 Å². The molecule has 1 saturated heterocycles. The minimum absolute atomic E-state index is 0.0470. The van der Waals surface area contributed by atoms with Crippen LogP contribution in [0.15, 0.2) is 72.2 Å². The Balaban J connectivity index is 0.978. The topological polar surface area (TPSA) is 183 Å². The summed E-state index contributed by atoms with van der Waals surface area (Å²) in [6, 6.07) is 20.4. The molecule has 0 spiro atoms. The van der Waals surface area contributed by atoms with Crippen LogP contribution >= 0.6 is 22.9 Å². The number of aryl methyl sites for hydroxylation is 1. The van der Waals surface area contributed by atoms with Crippen LogP contribution in [-0.2, 0) is 25.5 Å². The second-order valence-corrected chi connectivity index (χ2v) is 22.7. The number of ether oxygens (including phenoxy) is 3. The van der Waals surface area contributed by atoms with Crippen molar-refractivity contribution in [3.63, 3.8) is 0 Å². The number of rotatable bonds is 20. The lowest BCUT2D eigenvalue weighted by molar-refractivity contribution is -0.196. The Bertz CT molecular complexity index is 2540. The SMILES string of the molecule is Cc1ncsc1-c1ccc([C@H](C)NC(=O)[C@@H]2C[C@@H](O)CN2C(=O)[C@@H](NC(=O)OC(C)(C)C)[C@@H](C)OCCCN(C)CCc2ccc(C(=O)CC3C(C)(C)C(Oc4ccc(C#N)c(Cl)c4)C3(C)C)cc2)cc1. The molecule has 4 aromatic rings. The summed E-state index contributed by atoms with van der Waals surface area (Å²) in [4.78, 5) is 63.8. The van der Waals surface area contributed by atoms with Crippen molar-refractivity contribution in [3.8, 4) is 22.3 Å². The number of aliphatic hydroxyl groups excluding tert-OH is 1. The summed E-state index contributed by atoms with van der Waals surface area (Å²) in [7, 11) is 2.02. The molecule has 1 aliphatic carbocycles. The molecule has 0 radical (unpaired) electrons. The van der Waals surface area contributed by atoms with Gasteiger partial charge in [-0.1, -0.05) is 87.8 Å². The van der Waals surface area contributed by atoms with E-state index in [1.165, 1.54) is 4.90 Å². The first-order valence-corrected chi connectivity index (χ1v) is 25.7. The molecular formula is C55H71ClN6O8S. The molecule has 3 N–H and O–H groups in total. The summed E-state index contributed by atoms with van der Waals surface area (Å²) in [6.45, 7) is 20.9. The molecular weight excluding hydrogens is 940 g/mol. The quantitative estimate of drug-likeness (QED) is 0.0567. The molecule has 1 aromatic heterocycles. The molecule has 0 unspecified atom stereocenters. The van der Waals surface area contributed by atoms with Crippen LogP contribution in [0.1, 0.15) is 120 Å². The number of carbonyl (C=O) groups excluding carboxylic acids is 4. The third kappa shape index (κ3) is 13.6. The average Bonchev–Trinajstić information content (AvgIpc) is 3.93. The lowest BCUT2D eigenvalue weighted by Gasteiger charge is -2.63. The Morgan fingerprint density at radius 3 is 2.28 bits per heavy atom. The maximum absolute atomic E-state index is 14.3. The Hall–Kier alpha value is -5.37. The third-order valence-electron chi connectivity index (χ3n) is 14.0. The third-order valence-corrected chi connectivity index (χ3v) is 15.3. The van der Waals surface area contributed by atoms with Gasteiger partial charge in [0.15, 0.2) is 5.78 Å². The number of hydrogen-bond acceptors (Lipinski definition) is 12. The summed E-state index contributed by atoms with van der Waals surface area (Å²) in [5.41, 5.74) is 5.48. The number of amides is 3. The van der Waals surface area contributed by atoms with Crippen molar-refractivity contribution in [3.05, 3.63) is 105 Å². The van der Waals surface area contributed by atoms with Crippen molar-refractivity contribution >= 4 is 46.6 Å². The molecule has 1 saturated carbocycles. The van der Waals surface area contributed by atoms with Gasteiger partial charge in [-0.2, -0.15) is 5.26 Å². The van der Waals surface area contributed by atoms with Gasteiger partial charge in [0.2, 0.25) is 11.8 Å². The van der Waals surface area contributed by atoms with Gasteiger partial charge in [0.1, 0.15) is 35.6 Å². The lowest BCUT2D eigenvalue weighted by atomic mass is 9.44. The first-order chi connectivity index (χ1) is 33.4. The van der Waals surface area contributed by atoms with Gasteiger partial charge in [-0.25, -0.2) is 9.78 Å². The molecule has 6 rings (SSSR count). The van der Waals surface area contributed by atoms with E-state index in [1.807, 2.05) is 74.9 Å². The van der Waals surface area contributed by atoms with Crippen LogP contribution in [-0.4, -0.2) is 113 Å². The van der Waals surface area contributed by atoms with Crippen molar-refractivity contribution in [2.45, 2.75) is 137 Å². The van der Waals surface area contributed by atoms with Crippen molar-refractivity contribution in [2.24, 2.45) is 16.7 Å². The number of β-amino-alcohol motifs (C(OH)–C–C–N with tert-alkyl or cyclic N) is 1. The molecule has 0 bridgehead atoms. The van der Waals surface area contributed by atoms with Crippen molar-refractivity contribution < 1.29 is 38.5 Å². The van der Waals surface area contributed by atoms with Gasteiger partial charge >= 0.3 is 6.09 Å². The van der Waals surface area contributed by atoms with E-state index in [1.54, 1.807) is 57.2 Å². The number of nitriles is 1. The van der Waals surface area contributed by atoms with E-state index in [0.29, 0.717) is 47.9 Å². The molecule has 3 amide bonds. The number of nitrogens with zero attached hydrogens (tertiary/aromatic N) is 4. The fourth-order valence-corrected chi connectivity index (χ4v) is 11.3. The second-order valence-electron chi connectivity index (χ2n) is 21.4. The number of thiazole rings is 1. The molecule has 3 aromatic carbocycles. The van der Waals surface area contributed by atoms with Gasteiger partial charge < -0.3 is 39.8 Å². The molecule has 5 atom stereocenters. The van der Waals surface area contributed by atoms with Gasteiger partial charge in [-0.15, -0.1) is 11.3 Å². The maximum atomic E-state index is 14.3. The summed E-state index contributed by atoms with van der Waals surface area (Å²) >= 11 is 7.84. The highest BCUT2D eigenvalue weighted by Crippen LogP contribution is 2.61. The van der Waals surface area contributed by atoms with Crippen molar-refractivity contribution in [1.29, 1.82) is 5.26 Å². The number of aliphatic hydroxyl groups is 1. The van der Waals surface area contributed by atoms with E-state index >= 15 is 0 Å². The van der Waals surface area contributed by atoms with Crippen LogP contribution in [0.4, 0.5) is 4.79 Å². The molecule has 71 heavy (non-hydrogen) atoms. The number of hydrogen-bond donors (Lipinski definition) is 3. The first kappa shape index (κ1) is 55.0. The highest BCUT2D eigenvalue weighted by Gasteiger charge is 2.63. The molecule has 14 nitrogen and oxygen atoms in total. The zero-order valence-corrected chi connectivity index (χ0v) is 44.6. The van der Waals surface area contributed by atoms with Gasteiger partial charge in [0, 0.05) is 61.5 Å². The molecule has 2 aliphatic rings. The summed E-state index contributed by atoms with van der Waals surface area (Å²) in [5, 5.41) is 26.1. The Morgan fingerprint density at radius 2 is 1.68 bits per heavy atom. The zero-order chi connectivity index (χ0) is 52.0. The Morgan fingerprint density at radius 1 is 1.00 bits per heavy atom. The van der Waals surface area contributed by atoms with E-state index in [-0.39, 0.29) is 47.6 Å². The van der Waals surface area contributed by atoms with Crippen LogP contribution in [0, 0.1) is 35.0 Å². The highest BCUT2D eigenvalue weighted by molar-refractivity contribution is 7.13. The van der Waals surface area contributed by atoms with Crippen LogP contribution in [0.25, 0.3) is 10.4 Å². The predicted molar refractivity (Wildman–Crippen MR) is 276 cm³/mol. The minimum Gasteiger partial charge on any atom is -0.489 e. The Kier molecular flexibility index (Phi) is 17.8. The number of likely N-dealkylation sites (N-methyl/N-ethyl adjacent to an activating group) is 1. The fourth-order valence-electron chi connectivity index (χ4n) is 10.3. The number of carbonyl (C=O) groups is 4. The summed E-state index contributed by atoms with van der Waals surface area (Å²) < 4.78 is 18.1. The number of likely N-dealkylation sites (tertiary alicyclic amines) is 1. The first-order valence-electron chi connectivity index (χ1n) is 24.5. The summed E-state index contributed by atoms with van der Waals surface area (Å²) in [6.07, 6.45) is -0.826. The summed E-state index contributed by atoms with van der Waals surface area (Å²) in [5.74, 6) is -0.181. The molecule has 2 fully saturated rings. The number of ketones is 1. The van der Waals surface area contributed by atoms with Gasteiger partial charge in [0.05, 0.1) is 44.9 Å². The second kappa shape index (κ2) is 23.0. The molecule has 2 heterocycles. The normalized spacial score (nSPS) is 20.5. The van der Waals surface area contributed by atoms with Gasteiger partial charge in [-0.05, 0) is 96.2 Å². The lowest BCUT2D eigenvalue weighted by Crippen LogP contribution is -2.66. The van der Waals surface area contributed by atoms with E-state index in [0.717, 1.165) is 40.2 Å². The number of aromatic nitrogens is 1. The van der Waals surface area contributed by atoms with Crippen molar-refractivity contribution in [1.82, 2.24) is 25.4 Å². The van der Waals surface area contributed by atoms with E-state index < -0.39 is 47.8 Å². The number of alkyl carbamates (subject to hydrolysis) is 1. The number of halogens is 1. The molecule has 1 aliphatic heterocycles. The molecule has 382 valence electrons. The standard InChI is InChI=1S/C55H71ClN6O8S/c1-33(37-17-19-39(20-18-37)48-34(2)58-32-71-48)59-49(65)44-27-41(63)31-62(44)50(66)47(60-52(67)70-53(4,5)6)35(3)68-26-12-24-61(11)25-23-36-13-15-38(16-14-36)45(64)29-46-54(7,8)51(55(46,9)10)69-42-22-21-40(30-57)43(56)28-42/h13-22,28,32-33,35,41,44,46-47,51,63H,12,23-27,29,31H2,1-11H3,(H,59,65)(H,60,67)/t33-,35+,41+,44-,46?,47-,51?/m0/s1. The molecule has 16 heteroatoms. The highest BCUT2D eigenvalue weighted by atomic mass is 35.5. The Labute approximate surface area is 428 Å². The minimum atomic E-state index is -1.20. The van der Waals surface area contributed by atoms with E-state index in [4.69, 9.17) is 25.8 Å². The maximum Gasteiger partial charge on any atom is 0.408 e. The van der Waals surface area contributed by atoms with Crippen LogP contribution in [0.5, 0.6) is 5.75 Å². The number of nitrogens with one attached hydrogen (secondary N) is 2. The average molecular weight is 1010 g/mol. The smallest absolute Gasteiger partial charge is 0.408 e. The van der Waals surface area contributed by atoms with Gasteiger partial charge in [-0.3, -0.25) is 14.4 Å². The zero-order valence-electron chi connectivity index (χ0n) is 43.0.